The molecule has 11 aromatic rings. The van der Waals surface area contributed by atoms with Crippen LogP contribution in [0.2, 0.25) is 0 Å². The molecule has 0 nitrogen and oxygen atoms in total. The average molecular weight is 1330 g/mol. The van der Waals surface area contributed by atoms with Crippen LogP contribution in [0.15, 0.2) is 243 Å². The van der Waals surface area contributed by atoms with E-state index >= 15 is 0 Å². The third-order valence-electron chi connectivity index (χ3n) is 27.5. The second kappa shape index (κ2) is 22.6. The van der Waals surface area contributed by atoms with Gasteiger partial charge < -0.3 is 0 Å². The summed E-state index contributed by atoms with van der Waals surface area (Å²) < 4.78 is 0. The summed E-state index contributed by atoms with van der Waals surface area (Å²) in [5, 5.41) is 9.62. The molecule has 26 rings (SSSR count). The van der Waals surface area contributed by atoms with E-state index in [1.54, 1.807) is 0 Å². The van der Waals surface area contributed by atoms with Gasteiger partial charge in [-0.25, -0.2) is 0 Å². The number of hydrogen-bond donors (Lipinski definition) is 0. The molecule has 10 bridgehead atoms. The minimum Gasteiger partial charge on any atom is -0.0721 e. The Morgan fingerprint density at radius 1 is 0.133 bits per heavy atom. The summed E-state index contributed by atoms with van der Waals surface area (Å²) in [6.07, 6.45) is 62.6. The third-order valence-corrected chi connectivity index (χ3v) is 27.5. The van der Waals surface area contributed by atoms with E-state index in [0.717, 1.165) is 206 Å². The monoisotopic (exact) mass is 1330 g/mol. The fourth-order valence-corrected chi connectivity index (χ4v) is 22.5. The van der Waals surface area contributed by atoms with E-state index < -0.39 is 0 Å². The first kappa shape index (κ1) is 61.5. The fourth-order valence-electron chi connectivity index (χ4n) is 22.5. The van der Waals surface area contributed by atoms with Gasteiger partial charge >= 0.3 is 0 Å². The van der Waals surface area contributed by atoms with E-state index in [0.29, 0.717) is 0 Å². The van der Waals surface area contributed by atoms with Gasteiger partial charge in [-0.15, -0.1) is 0 Å². The van der Waals surface area contributed by atoms with Gasteiger partial charge in [0.2, 0.25) is 0 Å². The highest BCUT2D eigenvalue weighted by Gasteiger charge is 2.68. The highest BCUT2D eigenvalue weighted by molar-refractivity contribution is 5.72. The smallest absolute Gasteiger partial charge is 0.0363 e. The van der Waals surface area contributed by atoms with Crippen molar-refractivity contribution < 1.29 is 0 Å². The fraction of sp³-hybridized carbons (Fsp3) is 0.238. The lowest BCUT2D eigenvalue weighted by molar-refractivity contribution is 0.317. The maximum atomic E-state index is 3.73. The van der Waals surface area contributed by atoms with Crippen molar-refractivity contribution in [2.24, 2.45) is 0 Å². The minimum atomic E-state index is -0.125. The normalized spacial score (nSPS) is 30.5. The zero-order chi connectivity index (χ0) is 69.6. The first-order chi connectivity index (χ1) is 51.7. The van der Waals surface area contributed by atoms with Crippen LogP contribution < -0.4 is 0 Å². The second-order valence-electron chi connectivity index (χ2n) is 31.7. The molecule has 0 heteroatoms. The molecule has 15 aliphatic carbocycles. The summed E-state index contributed by atoms with van der Waals surface area (Å²) in [5.74, 6) is 0. The van der Waals surface area contributed by atoms with Gasteiger partial charge in [-0.1, -0.05) is 275 Å². The van der Waals surface area contributed by atoms with Gasteiger partial charge in [-0.3, -0.25) is 0 Å². The van der Waals surface area contributed by atoms with E-state index in [4.69, 9.17) is 0 Å². The van der Waals surface area contributed by atoms with Gasteiger partial charge in [-0.05, 0) is 186 Å². The zero-order valence-corrected chi connectivity index (χ0v) is 58.7. The van der Waals surface area contributed by atoms with E-state index in [9.17, 15) is 0 Å². The van der Waals surface area contributed by atoms with Crippen LogP contribution in [-0.2, 0) is 54.1 Å². The van der Waals surface area contributed by atoms with Crippen molar-refractivity contribution in [3.8, 4) is 0 Å². The van der Waals surface area contributed by atoms with Crippen LogP contribution in [0.1, 0.15) is 152 Å². The quantitative estimate of drug-likeness (QED) is 0.142. The number of rotatable bonds is 0. The number of allylic oxidation sites excluding steroid dienone is 20. The van der Waals surface area contributed by atoms with Crippen LogP contribution >= 0.6 is 0 Å². The largest absolute Gasteiger partial charge is 0.0721 e. The molecule has 5 saturated carbocycles. The highest BCUT2D eigenvalue weighted by Crippen LogP contribution is 2.71. The summed E-state index contributed by atoms with van der Waals surface area (Å²) in [7, 11) is 0. The lowest BCUT2D eigenvalue weighted by Gasteiger charge is -2.53. The molecule has 0 N–H and O–H groups in total. The Labute approximate surface area is 620 Å². The van der Waals surface area contributed by atoms with Gasteiger partial charge in [0.15, 0.2) is 0 Å². The van der Waals surface area contributed by atoms with Crippen LogP contribution in [0.4, 0.5) is 0 Å². The molecule has 0 aromatic heterocycles. The number of fused-ring (bicyclic) bond motifs is 5. The van der Waals surface area contributed by atoms with Crippen LogP contribution in [0.3, 0.4) is 0 Å². The lowest BCUT2D eigenvalue weighted by atomic mass is 9.47. The summed E-state index contributed by atoms with van der Waals surface area (Å²) >= 11 is 0. The molecule has 0 unspecified atom stereocenters. The molecule has 0 amide bonds. The van der Waals surface area contributed by atoms with Crippen molar-refractivity contribution in [2.45, 2.75) is 150 Å². The molecule has 15 aliphatic rings. The van der Waals surface area contributed by atoms with Crippen LogP contribution in [0, 0.1) is 121 Å². The van der Waals surface area contributed by atoms with Crippen molar-refractivity contribution in [1.29, 1.82) is 0 Å². The summed E-state index contributed by atoms with van der Waals surface area (Å²) in [4.78, 5) is 0. The highest BCUT2D eigenvalue weighted by atomic mass is 14.7. The second-order valence-corrected chi connectivity index (χ2v) is 31.7. The van der Waals surface area contributed by atoms with Crippen molar-refractivity contribution in [1.82, 2.24) is 0 Å². The molecular weight excluding hydrogens is 1260 g/mol. The van der Waals surface area contributed by atoms with Gasteiger partial charge in [0, 0.05) is 164 Å². The van der Waals surface area contributed by atoms with Crippen LogP contribution in [0.25, 0.3) is 53.9 Å². The SMILES string of the molecule is c1c2c(c#cc3ccc(c#cc4c(c#cc5ccc(c#cc6c(c#cc7ccc(c#cc8c(c#cc9ccc(c#cc%10c(c#cc%11ccc(c#1)cc%11)[C@]1%11C=CC=C[C@]%101CCC%11)cc9)[C@]19C=CC=C[C@]81CCC9)cc7)[C@]17C=CC=C[C@]61CCC7)cc5)[C@]15C=CC=C[C@]41CCC5)cc3)[C@]13C=CC=C[C@]21CCC3. The Morgan fingerprint density at radius 2 is 0.229 bits per heavy atom. The van der Waals surface area contributed by atoms with E-state index in [2.05, 4.69) is 364 Å². The first-order valence-electron chi connectivity index (χ1n) is 38.0. The molecule has 0 spiro atoms. The third kappa shape index (κ3) is 8.35. The molecule has 105 heavy (non-hydrogen) atoms. The van der Waals surface area contributed by atoms with Gasteiger partial charge in [0.1, 0.15) is 0 Å². The molecule has 5 fully saturated rings. The van der Waals surface area contributed by atoms with Crippen LogP contribution in [-0.4, -0.2) is 0 Å². The van der Waals surface area contributed by atoms with Gasteiger partial charge in [0.05, 0.1) is 0 Å². The Balaban J connectivity index is 0.692. The molecule has 0 heterocycles. The maximum absolute atomic E-state index is 3.73. The molecule has 490 valence electrons. The van der Waals surface area contributed by atoms with E-state index in [-0.39, 0.29) is 54.1 Å². The Bertz CT molecular complexity index is 4580. The zero-order valence-electron chi connectivity index (χ0n) is 58.7. The topological polar surface area (TPSA) is 0 Å². The lowest BCUT2D eigenvalue weighted by Crippen LogP contribution is -2.52. The van der Waals surface area contributed by atoms with Crippen LogP contribution in [0.5, 0.6) is 0 Å². The summed E-state index contributed by atoms with van der Waals surface area (Å²) in [6.45, 7) is 0. The Hall–Kier alpha value is -12.2. The van der Waals surface area contributed by atoms with Crippen molar-refractivity contribution in [2.75, 3.05) is 0 Å². The molecule has 10 atom stereocenters. The predicted octanol–water partition coefficient (Wildman–Crippen LogP) is 22.0. The Kier molecular flexibility index (Phi) is 13.3. The van der Waals surface area contributed by atoms with Crippen molar-refractivity contribution in [3.63, 3.8) is 0 Å². The minimum absolute atomic E-state index is 0.125. The van der Waals surface area contributed by atoms with Crippen molar-refractivity contribution in [3.05, 3.63) is 420 Å². The summed E-state index contributed by atoms with van der Waals surface area (Å²) in [5.41, 5.74) is 10.3. The summed E-state index contributed by atoms with van der Waals surface area (Å²) in [6, 6.07) is 116. The molecule has 0 saturated heterocycles. The predicted molar refractivity (Wildman–Crippen MR) is 418 cm³/mol. The Morgan fingerprint density at radius 3 is 0.324 bits per heavy atom. The standard InChI is InChI=1S/C105H70/c1-2-57-97-67-11-66-96(97,56-1)86-46-36-76-16-18-78(19-17-76)38-48-88-90(100-60-4-3-58-98(88,100)68-12-70-100)50-40-80-24-26-82(27-25-80)42-52-92-94(104-64-8-7-62-102(92,104)72-14-74-104)54-44-84-32-34-85(35-33-84)45-55-95-93(103-63-9-10-65-105(95,103)75-15-73-103)53-43-83-30-28-81(29-31-83)41-51-91-89(99-59-5-6-61-101(91,99)71-13-69-99)49-39-79-22-20-77(21-23-79)37-47-87(86)97/h1-10,16-35,56-65H,11-15,66-75H2/t96-,97+,98+,99-,100-,101+,102+,103-,104-,105+. The number of benzene rings is 5. The first-order valence-corrected chi connectivity index (χ1v) is 38.0. The maximum Gasteiger partial charge on any atom is 0.0363 e. The van der Waals surface area contributed by atoms with Gasteiger partial charge in [-0.2, -0.15) is 0 Å². The van der Waals surface area contributed by atoms with E-state index in [1.165, 1.54) is 0 Å². The molecule has 0 aliphatic heterocycles. The molecular formula is C105H70. The van der Waals surface area contributed by atoms with E-state index in [1.807, 2.05) is 0 Å². The van der Waals surface area contributed by atoms with Gasteiger partial charge in [0.25, 0.3) is 0 Å². The van der Waals surface area contributed by atoms with Crippen molar-refractivity contribution >= 4 is 53.9 Å². The number of hydrogen-bond acceptors (Lipinski definition) is 0. The molecule has 0 radical (unpaired) electrons. The molecule has 11 aromatic carbocycles. The average Bonchev–Trinajstić information content (AvgIpc) is 1.66.